The first kappa shape index (κ1) is 28.2. The Kier molecular flexibility index (Phi) is 5.62. The monoisotopic (exact) mass is 648 g/mol. The molecule has 0 radical (unpaired) electrons. The first-order valence-electron chi connectivity index (χ1n) is 15.2. The van der Waals surface area contributed by atoms with Crippen LogP contribution in [0.2, 0.25) is 0 Å². The second kappa shape index (κ2) is 9.76. The Bertz CT molecular complexity index is 2840. The quantitative estimate of drug-likeness (QED) is 0.0516. The molecule has 0 aliphatic heterocycles. The zero-order valence-electron chi connectivity index (χ0n) is 25.2. The zero-order chi connectivity index (χ0) is 33.9. The van der Waals surface area contributed by atoms with Gasteiger partial charge in [0.1, 0.15) is 11.2 Å². The summed E-state index contributed by atoms with van der Waals surface area (Å²) in [5, 5.41) is 93.7. The molecule has 8 aromatic carbocycles. The maximum atomic E-state index is 11.6. The summed E-state index contributed by atoms with van der Waals surface area (Å²) in [5.41, 5.74) is 1.65. The Balaban J connectivity index is 1.53. The lowest BCUT2D eigenvalue weighted by Gasteiger charge is -2.23. The van der Waals surface area contributed by atoms with Crippen molar-refractivity contribution in [2.24, 2.45) is 0 Å². The second-order valence-corrected chi connectivity index (χ2v) is 12.0. The topological polar surface area (TPSA) is 175 Å². The lowest BCUT2D eigenvalue weighted by molar-refractivity contribution is 0.350. The first-order valence-corrected chi connectivity index (χ1v) is 15.2. The molecule has 1 aromatic heterocycles. The van der Waals surface area contributed by atoms with Crippen molar-refractivity contribution in [1.82, 2.24) is 0 Å². The van der Waals surface area contributed by atoms with Crippen molar-refractivity contribution < 1.29 is 45.3 Å². The van der Waals surface area contributed by atoms with Crippen molar-refractivity contribution in [3.05, 3.63) is 97.1 Å². The van der Waals surface area contributed by atoms with Gasteiger partial charge >= 0.3 is 0 Å². The van der Waals surface area contributed by atoms with Crippen LogP contribution in [-0.2, 0) is 0 Å². The Hall–Kier alpha value is -7.00. The summed E-state index contributed by atoms with van der Waals surface area (Å²) in [7, 11) is 0. The minimum Gasteiger partial charge on any atom is -0.504 e. The van der Waals surface area contributed by atoms with Gasteiger partial charge in [0.25, 0.3) is 0 Å². The van der Waals surface area contributed by atoms with Gasteiger partial charge in [-0.05, 0) is 45.5 Å². The van der Waals surface area contributed by atoms with Gasteiger partial charge < -0.3 is 45.3 Å². The Morgan fingerprint density at radius 1 is 0.367 bits per heavy atom. The van der Waals surface area contributed by atoms with Crippen LogP contribution in [0.15, 0.2) is 101 Å². The van der Waals surface area contributed by atoms with Crippen LogP contribution in [0.4, 0.5) is 0 Å². The van der Waals surface area contributed by atoms with Gasteiger partial charge in [0, 0.05) is 48.8 Å². The van der Waals surface area contributed by atoms with Crippen molar-refractivity contribution in [1.29, 1.82) is 0 Å². The van der Waals surface area contributed by atoms with Gasteiger partial charge in [-0.15, -0.1) is 0 Å². The van der Waals surface area contributed by atoms with Crippen LogP contribution in [0.25, 0.3) is 87.3 Å². The van der Waals surface area contributed by atoms with Crippen LogP contribution in [0.3, 0.4) is 0 Å². The van der Waals surface area contributed by atoms with E-state index < -0.39 is 46.0 Å². The summed E-state index contributed by atoms with van der Waals surface area (Å²) in [6.45, 7) is 0. The number of hydrogen-bond acceptors (Lipinski definition) is 9. The number of phenols is 8. The van der Waals surface area contributed by atoms with E-state index in [0.717, 1.165) is 26.9 Å². The van der Waals surface area contributed by atoms with Crippen molar-refractivity contribution in [2.45, 2.75) is 0 Å². The van der Waals surface area contributed by atoms with Crippen molar-refractivity contribution in [3.63, 3.8) is 0 Å². The number of benzene rings is 8. The van der Waals surface area contributed by atoms with Crippen molar-refractivity contribution in [2.75, 3.05) is 0 Å². The molecule has 0 aliphatic carbocycles. The molecule has 8 N–H and O–H groups in total. The largest absolute Gasteiger partial charge is 0.504 e. The second-order valence-electron chi connectivity index (χ2n) is 12.0. The van der Waals surface area contributed by atoms with E-state index in [2.05, 4.69) is 0 Å². The molecule has 0 atom stereocenters. The molecular formula is C40H24O9. The average Bonchev–Trinajstić information content (AvgIpc) is 3.51. The number of aromatic hydroxyl groups is 8. The fourth-order valence-electron chi connectivity index (χ4n) is 7.28. The predicted octanol–water partition coefficient (Wildman–Crippen LogP) is 9.18. The minimum absolute atomic E-state index is 0.00645. The number of phenolic OH excluding ortho intramolecular Hbond substituents is 8. The van der Waals surface area contributed by atoms with Gasteiger partial charge in [-0.25, -0.2) is 0 Å². The number of furan rings is 1. The fraction of sp³-hybridized carbons (Fsp3) is 0. The molecule has 0 saturated carbocycles. The molecule has 0 spiro atoms. The fourth-order valence-corrected chi connectivity index (χ4v) is 7.28. The third kappa shape index (κ3) is 3.63. The SMILES string of the molecule is Oc1c(O)c(O)c2c(-c3cccc4ccccc34)c3c(O)c(O)c(O)c(O)c3c(-c3ccc4c(c3)oc3c5ccccc5ccc43)c2c1O. The molecule has 1 heterocycles. The van der Waals surface area contributed by atoms with Crippen LogP contribution in [-0.4, -0.2) is 40.9 Å². The molecule has 0 bridgehead atoms. The summed E-state index contributed by atoms with van der Waals surface area (Å²) < 4.78 is 6.38. The maximum Gasteiger partial charge on any atom is 0.204 e. The zero-order valence-corrected chi connectivity index (χ0v) is 25.2. The van der Waals surface area contributed by atoms with E-state index in [1.165, 1.54) is 0 Å². The summed E-state index contributed by atoms with van der Waals surface area (Å²) >= 11 is 0. The van der Waals surface area contributed by atoms with Crippen molar-refractivity contribution in [3.8, 4) is 68.2 Å². The van der Waals surface area contributed by atoms with Gasteiger partial charge in [-0.1, -0.05) is 78.9 Å². The molecular weight excluding hydrogens is 624 g/mol. The number of rotatable bonds is 2. The van der Waals surface area contributed by atoms with Crippen LogP contribution in [0.1, 0.15) is 0 Å². The Labute approximate surface area is 275 Å². The minimum atomic E-state index is -1.03. The van der Waals surface area contributed by atoms with Gasteiger partial charge in [0.05, 0.1) is 0 Å². The molecule has 9 rings (SSSR count). The Morgan fingerprint density at radius 2 is 0.857 bits per heavy atom. The summed E-state index contributed by atoms with van der Waals surface area (Å²) in [4.78, 5) is 0. The third-order valence-corrected chi connectivity index (χ3v) is 9.50. The summed E-state index contributed by atoms with van der Waals surface area (Å²) in [5.74, 6) is -7.46. The molecule has 9 nitrogen and oxygen atoms in total. The third-order valence-electron chi connectivity index (χ3n) is 9.50. The van der Waals surface area contributed by atoms with E-state index >= 15 is 0 Å². The molecule has 9 aromatic rings. The molecule has 0 amide bonds. The van der Waals surface area contributed by atoms with E-state index in [0.29, 0.717) is 22.1 Å². The highest BCUT2D eigenvalue weighted by atomic mass is 16.4. The van der Waals surface area contributed by atoms with Crippen LogP contribution in [0.5, 0.6) is 46.0 Å². The number of hydrogen-bond donors (Lipinski definition) is 8. The molecule has 0 unspecified atom stereocenters. The first-order chi connectivity index (χ1) is 23.7. The molecule has 0 saturated heterocycles. The van der Waals surface area contributed by atoms with Gasteiger partial charge in [-0.3, -0.25) is 0 Å². The Morgan fingerprint density at radius 3 is 1.47 bits per heavy atom. The number of fused-ring (bicyclic) bond motifs is 8. The van der Waals surface area contributed by atoms with Gasteiger partial charge in [0.2, 0.25) is 23.0 Å². The van der Waals surface area contributed by atoms with Crippen LogP contribution in [0, 0.1) is 0 Å². The predicted molar refractivity (Wildman–Crippen MR) is 188 cm³/mol. The average molecular weight is 649 g/mol. The molecule has 0 fully saturated rings. The highest BCUT2D eigenvalue weighted by Gasteiger charge is 2.33. The van der Waals surface area contributed by atoms with Crippen LogP contribution < -0.4 is 0 Å². The van der Waals surface area contributed by atoms with E-state index in [9.17, 15) is 40.9 Å². The smallest absolute Gasteiger partial charge is 0.204 e. The van der Waals surface area contributed by atoms with E-state index in [-0.39, 0.29) is 38.2 Å². The lowest BCUT2D eigenvalue weighted by atomic mass is 9.82. The van der Waals surface area contributed by atoms with E-state index in [1.54, 1.807) is 42.5 Å². The maximum absolute atomic E-state index is 11.6. The van der Waals surface area contributed by atoms with Gasteiger partial charge in [-0.2, -0.15) is 0 Å². The van der Waals surface area contributed by atoms with Gasteiger partial charge in [0.15, 0.2) is 23.0 Å². The van der Waals surface area contributed by atoms with E-state index in [1.807, 2.05) is 54.6 Å². The van der Waals surface area contributed by atoms with Crippen molar-refractivity contribution >= 4 is 65.0 Å². The van der Waals surface area contributed by atoms with E-state index in [4.69, 9.17) is 4.42 Å². The summed E-state index contributed by atoms with van der Waals surface area (Å²) in [6.07, 6.45) is 0. The highest BCUT2D eigenvalue weighted by Crippen LogP contribution is 2.62. The summed E-state index contributed by atoms with van der Waals surface area (Å²) in [6, 6.07) is 29.2. The molecule has 0 aliphatic rings. The lowest BCUT2D eigenvalue weighted by Crippen LogP contribution is -1.95. The molecule has 49 heavy (non-hydrogen) atoms. The van der Waals surface area contributed by atoms with Crippen LogP contribution >= 0.6 is 0 Å². The molecule has 9 heteroatoms. The standard InChI is InChI=1S/C40H24O9/c41-32-28-26(19-13-14-22-24-15-12-18-7-2-4-10-21(18)40(24)49-25(22)16-19)29-31(35(44)39(48)37(46)33(29)42)27(30(28)34(43)38(47)36(32)45)23-11-5-8-17-6-1-3-9-20(17)23/h1-16,41-48H. The highest BCUT2D eigenvalue weighted by molar-refractivity contribution is 6.30. The normalized spacial score (nSPS) is 11.9. The molecule has 238 valence electrons.